The van der Waals surface area contributed by atoms with Gasteiger partial charge in [-0.15, -0.1) is 22.0 Å². The van der Waals surface area contributed by atoms with E-state index in [9.17, 15) is 9.59 Å². The largest absolute Gasteiger partial charge is 0.493 e. The maximum absolute atomic E-state index is 12.0. The number of nitrogens with one attached hydrogen (secondary N) is 2. The molecule has 2 aromatic rings. The monoisotopic (exact) mass is 396 g/mol. The quantitative estimate of drug-likeness (QED) is 0.671. The van der Waals surface area contributed by atoms with Crippen LogP contribution in [0.2, 0.25) is 0 Å². The van der Waals surface area contributed by atoms with Crippen molar-refractivity contribution in [3.8, 4) is 11.5 Å². The van der Waals surface area contributed by atoms with Crippen molar-refractivity contribution in [2.45, 2.75) is 13.3 Å². The summed E-state index contributed by atoms with van der Waals surface area (Å²) in [5.74, 6) is 0.991. The van der Waals surface area contributed by atoms with E-state index in [-0.39, 0.29) is 23.3 Å². The van der Waals surface area contributed by atoms with Crippen molar-refractivity contribution in [3.63, 3.8) is 0 Å². The number of methoxy groups -OCH3 is 2. The van der Waals surface area contributed by atoms with Gasteiger partial charge < -0.3 is 14.8 Å². The molecule has 2 amide bonds. The molecule has 1 aromatic carbocycles. The fourth-order valence-corrected chi connectivity index (χ4v) is 3.26. The second kappa shape index (κ2) is 9.97. The number of hydrogen-bond donors (Lipinski definition) is 2. The van der Waals surface area contributed by atoms with Crippen LogP contribution < -0.4 is 20.1 Å². The summed E-state index contributed by atoms with van der Waals surface area (Å²) in [6.45, 7) is 1.97. The lowest BCUT2D eigenvalue weighted by Crippen LogP contribution is -2.18. The molecule has 0 aliphatic rings. The Morgan fingerprint density at radius 2 is 1.77 bits per heavy atom. The average molecular weight is 396 g/mol. The van der Waals surface area contributed by atoms with Crippen LogP contribution in [0.25, 0.3) is 0 Å². The Morgan fingerprint density at radius 3 is 2.38 bits per heavy atom. The summed E-state index contributed by atoms with van der Waals surface area (Å²) in [5.41, 5.74) is 0.596. The maximum atomic E-state index is 12.0. The van der Waals surface area contributed by atoms with Gasteiger partial charge >= 0.3 is 0 Å². The Labute approximate surface area is 159 Å². The smallest absolute Gasteiger partial charge is 0.236 e. The molecule has 0 aliphatic heterocycles. The minimum absolute atomic E-state index is 0.151. The molecule has 0 radical (unpaired) electrons. The first-order valence-corrected chi connectivity index (χ1v) is 9.74. The van der Waals surface area contributed by atoms with Gasteiger partial charge in [0.05, 0.1) is 25.7 Å². The van der Waals surface area contributed by atoms with E-state index in [2.05, 4.69) is 20.8 Å². The Hall–Kier alpha value is -2.33. The Balaban J connectivity index is 1.75. The number of anilines is 2. The van der Waals surface area contributed by atoms with Crippen molar-refractivity contribution in [1.29, 1.82) is 0 Å². The lowest BCUT2D eigenvalue weighted by molar-refractivity contribution is -0.114. The van der Waals surface area contributed by atoms with E-state index < -0.39 is 0 Å². The third-order valence-corrected chi connectivity index (χ3v) is 5.06. The number of aryl methyl sites for hydroxylation is 1. The van der Waals surface area contributed by atoms with Crippen LogP contribution in [0, 0.1) is 0 Å². The van der Waals surface area contributed by atoms with E-state index in [0.29, 0.717) is 22.3 Å². The zero-order valence-corrected chi connectivity index (χ0v) is 16.3. The highest BCUT2D eigenvalue weighted by Crippen LogP contribution is 2.29. The van der Waals surface area contributed by atoms with E-state index in [4.69, 9.17) is 9.47 Å². The van der Waals surface area contributed by atoms with Crippen LogP contribution in [-0.4, -0.2) is 47.7 Å². The van der Waals surface area contributed by atoms with Crippen molar-refractivity contribution >= 4 is 45.7 Å². The second-order valence-corrected chi connectivity index (χ2v) is 7.06. The van der Waals surface area contributed by atoms with Gasteiger partial charge in [-0.25, -0.2) is 0 Å². The molecule has 2 N–H and O–H groups in total. The summed E-state index contributed by atoms with van der Waals surface area (Å²) in [6.07, 6.45) is 0.776. The van der Waals surface area contributed by atoms with E-state index in [0.717, 1.165) is 11.4 Å². The van der Waals surface area contributed by atoms with Crippen LogP contribution in [0.4, 0.5) is 10.8 Å². The zero-order chi connectivity index (χ0) is 18.9. The van der Waals surface area contributed by atoms with Crippen LogP contribution in [0.15, 0.2) is 18.2 Å². The van der Waals surface area contributed by atoms with Crippen molar-refractivity contribution in [2.24, 2.45) is 0 Å². The van der Waals surface area contributed by atoms with Crippen LogP contribution >= 0.6 is 23.1 Å². The molecule has 8 nitrogen and oxygen atoms in total. The van der Waals surface area contributed by atoms with Crippen molar-refractivity contribution < 1.29 is 19.1 Å². The third-order valence-electron chi connectivity index (χ3n) is 3.15. The molecule has 26 heavy (non-hydrogen) atoms. The molecule has 0 saturated carbocycles. The number of hydrogen-bond acceptors (Lipinski definition) is 8. The number of carbonyl (C=O) groups excluding carboxylic acids is 2. The van der Waals surface area contributed by atoms with Gasteiger partial charge in [-0.05, 0) is 18.6 Å². The van der Waals surface area contributed by atoms with E-state index in [1.807, 2.05) is 6.92 Å². The van der Waals surface area contributed by atoms with Gasteiger partial charge in [0, 0.05) is 11.8 Å². The molecular weight excluding hydrogens is 376 g/mol. The fraction of sp³-hybridized carbons (Fsp3) is 0.375. The van der Waals surface area contributed by atoms with Gasteiger partial charge in [-0.3, -0.25) is 14.9 Å². The molecule has 0 unspecified atom stereocenters. The van der Waals surface area contributed by atoms with Gasteiger partial charge in [0.2, 0.25) is 16.9 Å². The first-order chi connectivity index (χ1) is 12.5. The maximum Gasteiger partial charge on any atom is 0.236 e. The first kappa shape index (κ1) is 20.0. The van der Waals surface area contributed by atoms with Crippen molar-refractivity contribution in [3.05, 3.63) is 23.2 Å². The number of benzene rings is 1. The summed E-state index contributed by atoms with van der Waals surface area (Å²) in [6, 6.07) is 5.11. The third kappa shape index (κ3) is 5.88. The van der Waals surface area contributed by atoms with Gasteiger partial charge in [0.25, 0.3) is 0 Å². The second-order valence-electron chi connectivity index (χ2n) is 5.01. The molecule has 1 heterocycles. The summed E-state index contributed by atoms with van der Waals surface area (Å²) in [5, 5.41) is 14.6. The fourth-order valence-electron chi connectivity index (χ4n) is 1.95. The minimum atomic E-state index is -0.215. The normalized spacial score (nSPS) is 10.3. The Kier molecular flexibility index (Phi) is 7.67. The van der Waals surface area contributed by atoms with E-state index in [1.165, 1.54) is 30.2 Å². The standard InChI is InChI=1S/C16H20N4O4S2/c1-4-15-19-20-16(26-15)18-14(22)9-25-8-13(21)17-10-5-6-11(23-2)12(7-10)24-3/h5-7H,4,8-9H2,1-3H3,(H,17,21)(H,18,20,22). The van der Waals surface area contributed by atoms with Crippen LogP contribution in [-0.2, 0) is 16.0 Å². The highest BCUT2D eigenvalue weighted by molar-refractivity contribution is 8.00. The number of amides is 2. The predicted molar refractivity (Wildman–Crippen MR) is 103 cm³/mol. The lowest BCUT2D eigenvalue weighted by Gasteiger charge is -2.10. The number of ether oxygens (including phenoxy) is 2. The van der Waals surface area contributed by atoms with Crippen LogP contribution in [0.3, 0.4) is 0 Å². The molecule has 0 aliphatic carbocycles. The average Bonchev–Trinajstić information content (AvgIpc) is 3.09. The number of thioether (sulfide) groups is 1. The first-order valence-electron chi connectivity index (χ1n) is 7.77. The topological polar surface area (TPSA) is 102 Å². The Bertz CT molecular complexity index is 766. The number of aromatic nitrogens is 2. The zero-order valence-electron chi connectivity index (χ0n) is 14.7. The van der Waals surface area contributed by atoms with Crippen LogP contribution in [0.5, 0.6) is 11.5 Å². The molecule has 0 atom stereocenters. The molecule has 0 fully saturated rings. The van der Waals surface area contributed by atoms with Gasteiger partial charge in [0.1, 0.15) is 5.01 Å². The molecule has 10 heteroatoms. The lowest BCUT2D eigenvalue weighted by atomic mass is 10.2. The summed E-state index contributed by atoms with van der Waals surface area (Å²) in [4.78, 5) is 23.8. The van der Waals surface area contributed by atoms with Crippen LogP contribution in [0.1, 0.15) is 11.9 Å². The minimum Gasteiger partial charge on any atom is -0.493 e. The molecule has 0 spiro atoms. The van der Waals surface area contributed by atoms with Gasteiger partial charge in [0.15, 0.2) is 11.5 Å². The molecule has 1 aromatic heterocycles. The summed E-state index contributed by atoms with van der Waals surface area (Å²) in [7, 11) is 3.07. The number of nitrogens with zero attached hydrogens (tertiary/aromatic N) is 2. The highest BCUT2D eigenvalue weighted by atomic mass is 32.2. The van der Waals surface area contributed by atoms with E-state index in [1.54, 1.807) is 25.3 Å². The molecule has 2 rings (SSSR count). The molecular formula is C16H20N4O4S2. The van der Waals surface area contributed by atoms with Crippen molar-refractivity contribution in [2.75, 3.05) is 36.4 Å². The Morgan fingerprint density at radius 1 is 1.08 bits per heavy atom. The molecule has 0 bridgehead atoms. The van der Waals surface area contributed by atoms with Gasteiger partial charge in [-0.2, -0.15) is 0 Å². The number of carbonyl (C=O) groups is 2. The highest BCUT2D eigenvalue weighted by Gasteiger charge is 2.10. The molecule has 0 saturated heterocycles. The predicted octanol–water partition coefficient (Wildman–Crippen LogP) is 2.43. The van der Waals surface area contributed by atoms with Gasteiger partial charge in [-0.1, -0.05) is 18.3 Å². The molecule has 140 valence electrons. The summed E-state index contributed by atoms with van der Waals surface area (Å²) < 4.78 is 10.3. The SMILES string of the molecule is CCc1nnc(NC(=O)CSCC(=O)Nc2ccc(OC)c(OC)c2)s1. The summed E-state index contributed by atoms with van der Waals surface area (Å²) >= 11 is 2.56. The number of rotatable bonds is 9. The van der Waals surface area contributed by atoms with Crippen molar-refractivity contribution in [1.82, 2.24) is 10.2 Å². The van der Waals surface area contributed by atoms with E-state index >= 15 is 0 Å².